The van der Waals surface area contributed by atoms with Crippen molar-refractivity contribution in [2.24, 2.45) is 0 Å². The van der Waals surface area contributed by atoms with Crippen molar-refractivity contribution in [2.75, 3.05) is 19.8 Å². The van der Waals surface area contributed by atoms with Gasteiger partial charge in [0, 0.05) is 6.61 Å². The summed E-state index contributed by atoms with van der Waals surface area (Å²) in [6.45, 7) is 2.71. The lowest BCUT2D eigenvalue weighted by molar-refractivity contribution is -0.125. The quantitative estimate of drug-likeness (QED) is 0.716. The topological polar surface area (TPSA) is 87.0 Å². The second-order valence-corrected chi connectivity index (χ2v) is 6.35. The predicted molar refractivity (Wildman–Crippen MR) is 96.5 cm³/mol. The molecule has 2 atom stereocenters. The van der Waals surface area contributed by atoms with Crippen LogP contribution in [0.15, 0.2) is 47.1 Å². The number of carbonyl (C=O) groups excluding carboxylic acids is 2. The van der Waals surface area contributed by atoms with Gasteiger partial charge in [-0.25, -0.2) is 4.79 Å². The number of rotatable bonds is 8. The van der Waals surface area contributed by atoms with Crippen molar-refractivity contribution < 1.29 is 28.2 Å². The Labute approximate surface area is 157 Å². The lowest BCUT2D eigenvalue weighted by Crippen LogP contribution is -2.30. The Morgan fingerprint density at radius 2 is 2.07 bits per heavy atom. The van der Waals surface area contributed by atoms with Gasteiger partial charge in [-0.3, -0.25) is 4.79 Å². The van der Waals surface area contributed by atoms with Crippen LogP contribution in [0.1, 0.15) is 41.9 Å². The fourth-order valence-corrected chi connectivity index (χ4v) is 2.76. The first kappa shape index (κ1) is 19.0. The van der Waals surface area contributed by atoms with E-state index in [4.69, 9.17) is 18.6 Å². The van der Waals surface area contributed by atoms with E-state index in [0.717, 1.165) is 19.4 Å². The summed E-state index contributed by atoms with van der Waals surface area (Å²) in [4.78, 5) is 23.9. The zero-order valence-electron chi connectivity index (χ0n) is 15.2. The SMILES string of the molecule is CC(NC(=O)COC(=O)c1ccc(OCC2CCCO2)cc1)c1ccco1. The summed E-state index contributed by atoms with van der Waals surface area (Å²) in [5, 5.41) is 2.70. The normalized spacial score (nSPS) is 17.3. The average Bonchev–Trinajstić information content (AvgIpc) is 3.38. The number of hydrogen-bond donors (Lipinski definition) is 1. The first-order chi connectivity index (χ1) is 13.1. The molecule has 0 aliphatic carbocycles. The van der Waals surface area contributed by atoms with Gasteiger partial charge >= 0.3 is 5.97 Å². The standard InChI is InChI=1S/C20H23NO6/c1-14(18-5-3-11-25-18)21-19(22)13-27-20(23)15-6-8-16(9-7-15)26-12-17-4-2-10-24-17/h3,5-9,11,14,17H,2,4,10,12-13H2,1H3,(H,21,22). The molecule has 2 aromatic rings. The minimum Gasteiger partial charge on any atom is -0.491 e. The van der Waals surface area contributed by atoms with E-state index in [0.29, 0.717) is 23.7 Å². The number of amides is 1. The Bertz CT molecular complexity index is 734. The van der Waals surface area contributed by atoms with E-state index in [1.54, 1.807) is 43.3 Å². The molecule has 1 amide bonds. The third-order valence-electron chi connectivity index (χ3n) is 4.23. The minimum absolute atomic E-state index is 0.136. The van der Waals surface area contributed by atoms with Gasteiger partial charge in [0.2, 0.25) is 0 Å². The van der Waals surface area contributed by atoms with Gasteiger partial charge < -0.3 is 23.9 Å². The molecule has 27 heavy (non-hydrogen) atoms. The van der Waals surface area contributed by atoms with Crippen LogP contribution in [0.3, 0.4) is 0 Å². The Morgan fingerprint density at radius 1 is 1.26 bits per heavy atom. The molecule has 1 fully saturated rings. The highest BCUT2D eigenvalue weighted by Crippen LogP contribution is 2.17. The molecule has 2 unspecified atom stereocenters. The van der Waals surface area contributed by atoms with Crippen LogP contribution in [0.2, 0.25) is 0 Å². The van der Waals surface area contributed by atoms with E-state index >= 15 is 0 Å². The molecule has 3 rings (SSSR count). The van der Waals surface area contributed by atoms with E-state index in [2.05, 4.69) is 5.32 Å². The lowest BCUT2D eigenvalue weighted by atomic mass is 10.2. The van der Waals surface area contributed by atoms with Crippen LogP contribution >= 0.6 is 0 Å². The molecule has 0 spiro atoms. The molecule has 1 aromatic heterocycles. The Kier molecular flexibility index (Phi) is 6.49. The zero-order valence-corrected chi connectivity index (χ0v) is 15.2. The number of nitrogens with one attached hydrogen (secondary N) is 1. The monoisotopic (exact) mass is 373 g/mol. The van der Waals surface area contributed by atoms with Crippen molar-refractivity contribution in [1.29, 1.82) is 0 Å². The fourth-order valence-electron chi connectivity index (χ4n) is 2.76. The van der Waals surface area contributed by atoms with Gasteiger partial charge in [0.25, 0.3) is 5.91 Å². The zero-order chi connectivity index (χ0) is 19.1. The number of ether oxygens (including phenoxy) is 3. The van der Waals surface area contributed by atoms with Crippen LogP contribution < -0.4 is 10.1 Å². The minimum atomic E-state index is -0.568. The molecule has 7 nitrogen and oxygen atoms in total. The molecule has 0 saturated carbocycles. The van der Waals surface area contributed by atoms with Crippen LogP contribution in [-0.4, -0.2) is 37.8 Å². The Morgan fingerprint density at radius 3 is 2.74 bits per heavy atom. The molecule has 1 aliphatic rings. The van der Waals surface area contributed by atoms with Crippen LogP contribution in [0.5, 0.6) is 5.75 Å². The lowest BCUT2D eigenvalue weighted by Gasteiger charge is -2.12. The number of carbonyl (C=O) groups is 2. The van der Waals surface area contributed by atoms with Crippen LogP contribution in [0.25, 0.3) is 0 Å². The maximum absolute atomic E-state index is 12.1. The van der Waals surface area contributed by atoms with Crippen molar-refractivity contribution in [3.8, 4) is 5.75 Å². The maximum atomic E-state index is 12.1. The summed E-state index contributed by atoms with van der Waals surface area (Å²) in [6.07, 6.45) is 3.74. The van der Waals surface area contributed by atoms with E-state index in [-0.39, 0.29) is 18.8 Å². The third kappa shape index (κ3) is 5.59. The molecule has 1 aliphatic heterocycles. The molecule has 0 bridgehead atoms. The second-order valence-electron chi connectivity index (χ2n) is 6.35. The predicted octanol–water partition coefficient (Wildman–Crippen LogP) is 2.87. The van der Waals surface area contributed by atoms with Gasteiger partial charge in [-0.1, -0.05) is 0 Å². The van der Waals surface area contributed by atoms with E-state index in [1.165, 1.54) is 6.26 Å². The van der Waals surface area contributed by atoms with Crippen molar-refractivity contribution in [3.63, 3.8) is 0 Å². The van der Waals surface area contributed by atoms with Gasteiger partial charge in [0.15, 0.2) is 6.61 Å². The average molecular weight is 373 g/mol. The molecule has 0 radical (unpaired) electrons. The third-order valence-corrected chi connectivity index (χ3v) is 4.23. The first-order valence-electron chi connectivity index (χ1n) is 8.96. The van der Waals surface area contributed by atoms with Gasteiger partial charge in [-0.05, 0) is 56.2 Å². The number of benzene rings is 1. The van der Waals surface area contributed by atoms with Gasteiger partial charge in [-0.2, -0.15) is 0 Å². The van der Waals surface area contributed by atoms with Crippen molar-refractivity contribution in [1.82, 2.24) is 5.32 Å². The summed E-state index contributed by atoms with van der Waals surface area (Å²) >= 11 is 0. The van der Waals surface area contributed by atoms with Crippen LogP contribution in [0.4, 0.5) is 0 Å². The Balaban J connectivity index is 1.41. The van der Waals surface area contributed by atoms with E-state index in [1.807, 2.05) is 0 Å². The molecular formula is C20H23NO6. The number of furan rings is 1. The highest BCUT2D eigenvalue weighted by Gasteiger charge is 2.17. The summed E-state index contributed by atoms with van der Waals surface area (Å²) in [5.74, 6) is 0.325. The fraction of sp³-hybridized carbons (Fsp3) is 0.400. The number of esters is 1. The molecule has 1 N–H and O–H groups in total. The summed E-state index contributed by atoms with van der Waals surface area (Å²) in [6, 6.07) is 9.82. The van der Waals surface area contributed by atoms with Crippen LogP contribution in [0, 0.1) is 0 Å². The number of hydrogen-bond acceptors (Lipinski definition) is 6. The van der Waals surface area contributed by atoms with Gasteiger partial charge in [0.05, 0.1) is 24.0 Å². The largest absolute Gasteiger partial charge is 0.491 e. The molecule has 2 heterocycles. The van der Waals surface area contributed by atoms with Crippen molar-refractivity contribution in [2.45, 2.75) is 31.9 Å². The van der Waals surface area contributed by atoms with Crippen molar-refractivity contribution in [3.05, 3.63) is 54.0 Å². The summed E-state index contributed by atoms with van der Waals surface area (Å²) < 4.78 is 21.4. The first-order valence-corrected chi connectivity index (χ1v) is 8.96. The second kappa shape index (κ2) is 9.23. The van der Waals surface area contributed by atoms with Crippen molar-refractivity contribution >= 4 is 11.9 Å². The summed E-state index contributed by atoms with van der Waals surface area (Å²) in [5.41, 5.74) is 0.353. The molecule has 144 valence electrons. The highest BCUT2D eigenvalue weighted by molar-refractivity contribution is 5.91. The Hall–Kier alpha value is -2.80. The van der Waals surface area contributed by atoms with E-state index in [9.17, 15) is 9.59 Å². The molecule has 7 heteroatoms. The summed E-state index contributed by atoms with van der Waals surface area (Å²) in [7, 11) is 0. The molecular weight excluding hydrogens is 350 g/mol. The molecule has 1 aromatic carbocycles. The van der Waals surface area contributed by atoms with Gasteiger partial charge in [-0.15, -0.1) is 0 Å². The van der Waals surface area contributed by atoms with E-state index < -0.39 is 11.9 Å². The maximum Gasteiger partial charge on any atom is 0.338 e. The van der Waals surface area contributed by atoms with Crippen LogP contribution in [-0.2, 0) is 14.3 Å². The smallest absolute Gasteiger partial charge is 0.338 e. The van der Waals surface area contributed by atoms with Gasteiger partial charge in [0.1, 0.15) is 18.1 Å². The molecule has 1 saturated heterocycles. The highest BCUT2D eigenvalue weighted by atomic mass is 16.5.